The summed E-state index contributed by atoms with van der Waals surface area (Å²) in [5, 5.41) is 1.00. The Bertz CT molecular complexity index is 717. The Morgan fingerprint density at radius 3 is 2.76 bits per heavy atom. The third-order valence-electron chi connectivity index (χ3n) is 3.62. The highest BCUT2D eigenvalue weighted by Gasteiger charge is 2.14. The zero-order valence-electron chi connectivity index (χ0n) is 14.0. The van der Waals surface area contributed by atoms with Gasteiger partial charge >= 0.3 is 0 Å². The van der Waals surface area contributed by atoms with Crippen LogP contribution >= 0.6 is 23.4 Å². The smallest absolute Gasteiger partial charge is 0.158 e. The number of halogens is 2. The van der Waals surface area contributed by atoms with Crippen LogP contribution in [0.2, 0.25) is 5.02 Å². The number of nitrogens with zero attached hydrogens (tertiary/aromatic N) is 3. The van der Waals surface area contributed by atoms with E-state index in [0.29, 0.717) is 41.1 Å². The highest BCUT2D eigenvalue weighted by molar-refractivity contribution is 7.99. The molecule has 1 heterocycles. The molecule has 25 heavy (non-hydrogen) atoms. The Morgan fingerprint density at radius 2 is 2.12 bits per heavy atom. The topological polar surface area (TPSA) is 107 Å². The molecule has 0 spiro atoms. The fourth-order valence-corrected chi connectivity index (χ4v) is 3.23. The first-order valence-electron chi connectivity index (χ1n) is 7.89. The van der Waals surface area contributed by atoms with Crippen molar-refractivity contribution in [2.24, 2.45) is 5.73 Å². The molecule has 0 bridgehead atoms. The Morgan fingerprint density at radius 1 is 1.36 bits per heavy atom. The molecular formula is C16H22ClFN6S. The normalized spacial score (nSPS) is 12.2. The lowest BCUT2D eigenvalue weighted by atomic mass is 10.2. The molecular weight excluding hydrogens is 363 g/mol. The molecule has 1 aromatic carbocycles. The van der Waals surface area contributed by atoms with Crippen molar-refractivity contribution in [2.75, 3.05) is 36.0 Å². The van der Waals surface area contributed by atoms with E-state index in [1.54, 1.807) is 12.3 Å². The van der Waals surface area contributed by atoms with Crippen LogP contribution in [0.3, 0.4) is 0 Å². The molecule has 2 aromatic rings. The summed E-state index contributed by atoms with van der Waals surface area (Å²) < 4.78 is 13.4. The molecule has 0 amide bonds. The number of nitrogens with two attached hydrogens (primary N) is 3. The maximum atomic E-state index is 13.4. The van der Waals surface area contributed by atoms with Gasteiger partial charge in [0.05, 0.1) is 16.9 Å². The summed E-state index contributed by atoms with van der Waals surface area (Å²) in [6.45, 7) is 3.14. The van der Waals surface area contributed by atoms with Gasteiger partial charge in [0.1, 0.15) is 17.0 Å². The van der Waals surface area contributed by atoms with Gasteiger partial charge in [0.2, 0.25) is 0 Å². The van der Waals surface area contributed by atoms with Crippen molar-refractivity contribution in [3.8, 4) is 0 Å². The third kappa shape index (κ3) is 5.10. The number of hydrogen-bond acceptors (Lipinski definition) is 7. The molecule has 0 saturated heterocycles. The summed E-state index contributed by atoms with van der Waals surface area (Å²) >= 11 is 7.49. The Kier molecular flexibility index (Phi) is 7.10. The minimum atomic E-state index is -1.03. The molecule has 0 aliphatic carbocycles. The van der Waals surface area contributed by atoms with Crippen LogP contribution in [-0.4, -0.2) is 35.8 Å². The fourth-order valence-electron chi connectivity index (χ4n) is 2.17. The standard InChI is InChI=1S/C16H22ClFN6S/c1-2-24(7-6-10(18)8-19)13-9-22-16(15(21)23-13)25-12-5-3-4-11(20)14(12)17/h3-5,9-10H,2,6-8,19-20H2,1H3,(H2,21,23). The predicted molar refractivity (Wildman–Crippen MR) is 103 cm³/mol. The van der Waals surface area contributed by atoms with Crippen molar-refractivity contribution < 1.29 is 4.39 Å². The van der Waals surface area contributed by atoms with Gasteiger partial charge in [-0.15, -0.1) is 0 Å². The van der Waals surface area contributed by atoms with Crippen molar-refractivity contribution in [3.63, 3.8) is 0 Å². The number of nitrogen functional groups attached to an aromatic ring is 2. The molecule has 6 nitrogen and oxygen atoms in total. The second-order valence-electron chi connectivity index (χ2n) is 5.38. The summed E-state index contributed by atoms with van der Waals surface area (Å²) in [7, 11) is 0. The van der Waals surface area contributed by atoms with E-state index in [1.807, 2.05) is 24.0 Å². The summed E-state index contributed by atoms with van der Waals surface area (Å²) in [5.41, 5.74) is 17.7. The molecule has 1 unspecified atom stereocenters. The van der Waals surface area contributed by atoms with Crippen LogP contribution < -0.4 is 22.1 Å². The van der Waals surface area contributed by atoms with Gasteiger partial charge in [-0.2, -0.15) is 0 Å². The molecule has 0 fully saturated rings. The lowest BCUT2D eigenvalue weighted by Gasteiger charge is -2.22. The number of alkyl halides is 1. The van der Waals surface area contributed by atoms with E-state index in [2.05, 4.69) is 9.97 Å². The zero-order valence-corrected chi connectivity index (χ0v) is 15.5. The number of benzene rings is 1. The zero-order chi connectivity index (χ0) is 18.4. The molecule has 1 aromatic heterocycles. The van der Waals surface area contributed by atoms with Crippen molar-refractivity contribution in [3.05, 3.63) is 29.4 Å². The van der Waals surface area contributed by atoms with Crippen LogP contribution in [0.5, 0.6) is 0 Å². The van der Waals surface area contributed by atoms with Crippen molar-refractivity contribution in [1.82, 2.24) is 9.97 Å². The second-order valence-corrected chi connectivity index (χ2v) is 6.79. The van der Waals surface area contributed by atoms with E-state index in [9.17, 15) is 4.39 Å². The summed E-state index contributed by atoms with van der Waals surface area (Å²) in [5.74, 6) is 0.891. The van der Waals surface area contributed by atoms with E-state index in [1.165, 1.54) is 11.8 Å². The van der Waals surface area contributed by atoms with Gasteiger partial charge in [0, 0.05) is 24.5 Å². The average Bonchev–Trinajstić information content (AvgIpc) is 2.61. The van der Waals surface area contributed by atoms with Crippen molar-refractivity contribution in [1.29, 1.82) is 0 Å². The predicted octanol–water partition coefficient (Wildman–Crippen LogP) is 2.96. The van der Waals surface area contributed by atoms with Crippen LogP contribution in [0.25, 0.3) is 0 Å². The Balaban J connectivity index is 2.15. The van der Waals surface area contributed by atoms with Crippen molar-refractivity contribution >= 4 is 40.7 Å². The first-order chi connectivity index (χ1) is 12.0. The highest BCUT2D eigenvalue weighted by Crippen LogP contribution is 2.37. The monoisotopic (exact) mass is 384 g/mol. The minimum Gasteiger partial charge on any atom is -0.397 e. The number of aromatic nitrogens is 2. The van der Waals surface area contributed by atoms with Crippen LogP contribution in [0.15, 0.2) is 34.3 Å². The molecule has 0 aliphatic heterocycles. The number of rotatable bonds is 8. The first-order valence-corrected chi connectivity index (χ1v) is 9.09. The van der Waals surface area contributed by atoms with E-state index < -0.39 is 6.17 Å². The molecule has 0 radical (unpaired) electrons. The summed E-state index contributed by atoms with van der Waals surface area (Å²) in [6, 6.07) is 5.37. The van der Waals surface area contributed by atoms with Gasteiger partial charge in [-0.05, 0) is 25.5 Å². The molecule has 136 valence electrons. The van der Waals surface area contributed by atoms with Gasteiger partial charge < -0.3 is 22.1 Å². The quantitative estimate of drug-likeness (QED) is 0.600. The van der Waals surface area contributed by atoms with E-state index in [0.717, 1.165) is 4.90 Å². The van der Waals surface area contributed by atoms with E-state index in [4.69, 9.17) is 28.8 Å². The van der Waals surface area contributed by atoms with Crippen LogP contribution in [0.4, 0.5) is 21.7 Å². The third-order valence-corrected chi connectivity index (χ3v) is 5.23. The first kappa shape index (κ1) is 19.6. The van der Waals surface area contributed by atoms with Gasteiger partial charge in [0.25, 0.3) is 0 Å². The number of anilines is 3. The lowest BCUT2D eigenvalue weighted by molar-refractivity contribution is 0.324. The van der Waals surface area contributed by atoms with E-state index >= 15 is 0 Å². The summed E-state index contributed by atoms with van der Waals surface area (Å²) in [6.07, 6.45) is 0.930. The molecule has 1 atom stereocenters. The summed E-state index contributed by atoms with van der Waals surface area (Å²) in [4.78, 5) is 11.4. The maximum absolute atomic E-state index is 13.4. The lowest BCUT2D eigenvalue weighted by Crippen LogP contribution is -2.29. The van der Waals surface area contributed by atoms with Crippen LogP contribution in [-0.2, 0) is 0 Å². The molecule has 2 rings (SSSR count). The SMILES string of the molecule is CCN(CCC(F)CN)c1cnc(Sc2cccc(N)c2Cl)c(N)n1. The largest absolute Gasteiger partial charge is 0.397 e. The minimum absolute atomic E-state index is 0.0158. The molecule has 9 heteroatoms. The number of hydrogen-bond donors (Lipinski definition) is 3. The van der Waals surface area contributed by atoms with Crippen LogP contribution in [0.1, 0.15) is 13.3 Å². The molecule has 0 aliphatic rings. The maximum Gasteiger partial charge on any atom is 0.158 e. The molecule has 6 N–H and O–H groups in total. The van der Waals surface area contributed by atoms with Crippen molar-refractivity contribution in [2.45, 2.75) is 29.4 Å². The van der Waals surface area contributed by atoms with E-state index in [-0.39, 0.29) is 12.4 Å². The van der Waals surface area contributed by atoms with Gasteiger partial charge in [0.15, 0.2) is 5.82 Å². The fraction of sp³-hybridized carbons (Fsp3) is 0.375. The van der Waals surface area contributed by atoms with Crippen LogP contribution in [0, 0.1) is 0 Å². The van der Waals surface area contributed by atoms with Gasteiger partial charge in [-0.1, -0.05) is 29.4 Å². The van der Waals surface area contributed by atoms with Gasteiger partial charge in [-0.25, -0.2) is 14.4 Å². The second kappa shape index (κ2) is 9.07. The highest BCUT2D eigenvalue weighted by atomic mass is 35.5. The average molecular weight is 385 g/mol. The van der Waals surface area contributed by atoms with Gasteiger partial charge in [-0.3, -0.25) is 0 Å². The Labute approximate surface area is 155 Å². The molecule has 0 saturated carbocycles. The Hall–Kier alpha value is -1.77.